The first-order valence-corrected chi connectivity index (χ1v) is 5.88. The molecule has 0 aliphatic carbocycles. The summed E-state index contributed by atoms with van der Waals surface area (Å²) in [6.07, 6.45) is 0.209. The van der Waals surface area contributed by atoms with Crippen molar-refractivity contribution in [3.63, 3.8) is 0 Å². The van der Waals surface area contributed by atoms with Crippen LogP contribution in [0.5, 0.6) is 0 Å². The standard InChI is InChI=1S/C12H13BrN2O/c1-2-15-12(16)7-10(8-14)9-4-3-5-11(13)6-9/h3-6,10H,2,7H2,1H3,(H,15,16). The Kier molecular flexibility index (Phi) is 5.00. The molecular formula is C12H13BrN2O. The molecule has 1 amide bonds. The zero-order valence-corrected chi connectivity index (χ0v) is 10.6. The fourth-order valence-electron chi connectivity index (χ4n) is 1.42. The zero-order valence-electron chi connectivity index (χ0n) is 9.03. The van der Waals surface area contributed by atoms with Crippen LogP contribution in [0.4, 0.5) is 0 Å². The van der Waals surface area contributed by atoms with E-state index in [-0.39, 0.29) is 18.2 Å². The molecule has 0 heterocycles. The smallest absolute Gasteiger partial charge is 0.221 e. The van der Waals surface area contributed by atoms with Crippen LogP contribution in [0.15, 0.2) is 28.7 Å². The number of carbonyl (C=O) groups is 1. The summed E-state index contributed by atoms with van der Waals surface area (Å²) in [6.45, 7) is 2.45. The molecule has 0 aliphatic rings. The predicted molar refractivity (Wildman–Crippen MR) is 65.8 cm³/mol. The van der Waals surface area contributed by atoms with Crippen molar-refractivity contribution in [2.75, 3.05) is 6.54 Å². The lowest BCUT2D eigenvalue weighted by atomic mass is 9.97. The number of nitrogens with zero attached hydrogens (tertiary/aromatic N) is 1. The van der Waals surface area contributed by atoms with E-state index in [0.29, 0.717) is 6.54 Å². The van der Waals surface area contributed by atoms with E-state index in [1.165, 1.54) is 0 Å². The van der Waals surface area contributed by atoms with Crippen LogP contribution in [-0.4, -0.2) is 12.5 Å². The summed E-state index contributed by atoms with van der Waals surface area (Å²) in [5.74, 6) is -0.474. The SMILES string of the molecule is CCNC(=O)CC(C#N)c1cccc(Br)c1. The lowest BCUT2D eigenvalue weighted by Crippen LogP contribution is -2.24. The first-order chi connectivity index (χ1) is 7.67. The average Bonchev–Trinajstić information content (AvgIpc) is 2.26. The van der Waals surface area contributed by atoms with Crippen molar-refractivity contribution in [1.82, 2.24) is 5.32 Å². The Morgan fingerprint density at radius 3 is 2.94 bits per heavy atom. The molecule has 3 nitrogen and oxygen atoms in total. The maximum atomic E-state index is 11.4. The number of rotatable bonds is 4. The molecule has 0 aliphatic heterocycles. The zero-order chi connectivity index (χ0) is 12.0. The van der Waals surface area contributed by atoms with Gasteiger partial charge in [-0.05, 0) is 24.6 Å². The molecule has 1 atom stereocenters. The van der Waals surface area contributed by atoms with E-state index in [4.69, 9.17) is 5.26 Å². The van der Waals surface area contributed by atoms with Crippen molar-refractivity contribution in [3.8, 4) is 6.07 Å². The van der Waals surface area contributed by atoms with Gasteiger partial charge in [0.25, 0.3) is 0 Å². The third-order valence-corrected chi connectivity index (χ3v) is 2.66. The molecule has 4 heteroatoms. The predicted octanol–water partition coefficient (Wildman–Crippen LogP) is 2.58. The van der Waals surface area contributed by atoms with Crippen LogP contribution >= 0.6 is 15.9 Å². The summed E-state index contributed by atoms with van der Waals surface area (Å²) in [6, 6.07) is 9.64. The number of hydrogen-bond donors (Lipinski definition) is 1. The van der Waals surface area contributed by atoms with Crippen molar-refractivity contribution in [1.29, 1.82) is 5.26 Å². The first-order valence-electron chi connectivity index (χ1n) is 5.09. The molecule has 0 saturated heterocycles. The van der Waals surface area contributed by atoms with Gasteiger partial charge in [0.05, 0.1) is 12.0 Å². The van der Waals surface area contributed by atoms with Crippen molar-refractivity contribution in [2.45, 2.75) is 19.3 Å². The van der Waals surface area contributed by atoms with Crippen molar-refractivity contribution < 1.29 is 4.79 Å². The molecular weight excluding hydrogens is 268 g/mol. The van der Waals surface area contributed by atoms with Crippen molar-refractivity contribution in [3.05, 3.63) is 34.3 Å². The van der Waals surface area contributed by atoms with Crippen LogP contribution in [0.3, 0.4) is 0 Å². The minimum Gasteiger partial charge on any atom is -0.356 e. The van der Waals surface area contributed by atoms with Gasteiger partial charge in [-0.1, -0.05) is 28.1 Å². The van der Waals surface area contributed by atoms with E-state index < -0.39 is 0 Å². The highest BCUT2D eigenvalue weighted by Gasteiger charge is 2.14. The van der Waals surface area contributed by atoms with Gasteiger partial charge in [-0.2, -0.15) is 5.26 Å². The number of nitriles is 1. The molecule has 84 valence electrons. The van der Waals surface area contributed by atoms with Gasteiger partial charge in [-0.3, -0.25) is 4.79 Å². The lowest BCUT2D eigenvalue weighted by Gasteiger charge is -2.09. The van der Waals surface area contributed by atoms with E-state index in [1.54, 1.807) is 0 Å². The molecule has 0 radical (unpaired) electrons. The molecule has 0 aromatic heterocycles. The van der Waals surface area contributed by atoms with E-state index in [9.17, 15) is 4.79 Å². The lowest BCUT2D eigenvalue weighted by molar-refractivity contribution is -0.121. The molecule has 0 spiro atoms. The monoisotopic (exact) mass is 280 g/mol. The van der Waals surface area contributed by atoms with Gasteiger partial charge in [-0.25, -0.2) is 0 Å². The molecule has 1 unspecified atom stereocenters. The Hall–Kier alpha value is -1.34. The Morgan fingerprint density at radius 1 is 1.62 bits per heavy atom. The first kappa shape index (κ1) is 12.7. The number of nitrogens with one attached hydrogen (secondary N) is 1. The van der Waals surface area contributed by atoms with Gasteiger partial charge in [0.1, 0.15) is 0 Å². The van der Waals surface area contributed by atoms with E-state index in [2.05, 4.69) is 27.3 Å². The second-order valence-corrected chi connectivity index (χ2v) is 4.31. The number of benzene rings is 1. The summed E-state index contributed by atoms with van der Waals surface area (Å²) in [5, 5.41) is 11.7. The molecule has 1 N–H and O–H groups in total. The van der Waals surface area contributed by atoms with Crippen LogP contribution in [-0.2, 0) is 4.79 Å². The maximum Gasteiger partial charge on any atom is 0.221 e. The molecule has 0 bridgehead atoms. The quantitative estimate of drug-likeness (QED) is 0.922. The minimum absolute atomic E-state index is 0.0889. The van der Waals surface area contributed by atoms with Gasteiger partial charge in [0.15, 0.2) is 0 Å². The molecule has 0 fully saturated rings. The summed E-state index contributed by atoms with van der Waals surface area (Å²) in [5.41, 5.74) is 0.864. The topological polar surface area (TPSA) is 52.9 Å². The van der Waals surface area contributed by atoms with Gasteiger partial charge in [-0.15, -0.1) is 0 Å². The highest BCUT2D eigenvalue weighted by atomic mass is 79.9. The van der Waals surface area contributed by atoms with Gasteiger partial charge >= 0.3 is 0 Å². The fourth-order valence-corrected chi connectivity index (χ4v) is 1.83. The third-order valence-electron chi connectivity index (χ3n) is 2.17. The van der Waals surface area contributed by atoms with E-state index in [1.807, 2.05) is 31.2 Å². The van der Waals surface area contributed by atoms with Gasteiger partial charge in [0.2, 0.25) is 5.91 Å². The van der Waals surface area contributed by atoms with Crippen molar-refractivity contribution in [2.24, 2.45) is 0 Å². The van der Waals surface area contributed by atoms with Crippen molar-refractivity contribution >= 4 is 21.8 Å². The maximum absolute atomic E-state index is 11.4. The Bertz CT molecular complexity index is 412. The molecule has 0 saturated carbocycles. The minimum atomic E-state index is -0.385. The number of amides is 1. The Balaban J connectivity index is 2.76. The van der Waals surface area contributed by atoms with Crippen LogP contribution in [0.2, 0.25) is 0 Å². The van der Waals surface area contributed by atoms with Crippen LogP contribution < -0.4 is 5.32 Å². The largest absolute Gasteiger partial charge is 0.356 e. The summed E-state index contributed by atoms with van der Waals surface area (Å²) in [4.78, 5) is 11.4. The highest BCUT2D eigenvalue weighted by molar-refractivity contribution is 9.10. The van der Waals surface area contributed by atoms with Crippen LogP contribution in [0.25, 0.3) is 0 Å². The molecule has 1 aromatic rings. The normalized spacial score (nSPS) is 11.6. The Morgan fingerprint density at radius 2 is 2.38 bits per heavy atom. The fraction of sp³-hybridized carbons (Fsp3) is 0.333. The van der Waals surface area contributed by atoms with Gasteiger partial charge in [0, 0.05) is 17.4 Å². The highest BCUT2D eigenvalue weighted by Crippen LogP contribution is 2.22. The second kappa shape index (κ2) is 6.29. The number of carbonyl (C=O) groups excluding carboxylic acids is 1. The molecule has 16 heavy (non-hydrogen) atoms. The van der Waals surface area contributed by atoms with Crippen LogP contribution in [0.1, 0.15) is 24.8 Å². The molecule has 1 rings (SSSR count). The number of halogens is 1. The molecule has 1 aromatic carbocycles. The summed E-state index contributed by atoms with van der Waals surface area (Å²) < 4.78 is 0.918. The van der Waals surface area contributed by atoms with E-state index >= 15 is 0 Å². The third kappa shape index (κ3) is 3.67. The van der Waals surface area contributed by atoms with Crippen LogP contribution in [0, 0.1) is 11.3 Å². The summed E-state index contributed by atoms with van der Waals surface area (Å²) in [7, 11) is 0. The average molecular weight is 281 g/mol. The second-order valence-electron chi connectivity index (χ2n) is 3.39. The van der Waals surface area contributed by atoms with E-state index in [0.717, 1.165) is 10.0 Å². The van der Waals surface area contributed by atoms with Gasteiger partial charge < -0.3 is 5.32 Å². The summed E-state index contributed by atoms with van der Waals surface area (Å²) >= 11 is 3.35. The number of hydrogen-bond acceptors (Lipinski definition) is 2. The Labute approximate surface area is 104 Å².